The monoisotopic (exact) mass is 386 g/mol. The van der Waals surface area contributed by atoms with Crippen molar-refractivity contribution in [3.63, 3.8) is 0 Å². The molecule has 0 spiro atoms. The number of carboxylic acid groups (broad SMARTS) is 1. The fourth-order valence-corrected chi connectivity index (χ4v) is 2.57. The second kappa shape index (κ2) is 8.18. The number of nitrogens with zero attached hydrogens (tertiary/aromatic N) is 1. The zero-order valence-corrected chi connectivity index (χ0v) is 14.4. The van der Waals surface area contributed by atoms with E-state index >= 15 is 0 Å². The maximum Gasteiger partial charge on any atom is 0.175 e. The van der Waals surface area contributed by atoms with E-state index in [1.165, 1.54) is 13.2 Å². The lowest BCUT2D eigenvalue weighted by Gasteiger charge is -2.14. The maximum atomic E-state index is 10.8. The highest BCUT2D eigenvalue weighted by molar-refractivity contribution is 9.10. The summed E-state index contributed by atoms with van der Waals surface area (Å²) in [6, 6.07) is 14.5. The van der Waals surface area contributed by atoms with Gasteiger partial charge in [0.25, 0.3) is 0 Å². The molecule has 0 aliphatic rings. The minimum absolute atomic E-state index is 0.355. The second-order valence-electron chi connectivity index (χ2n) is 4.77. The molecule has 0 amide bonds. The molecule has 122 valence electrons. The number of carboxylic acids is 1. The summed E-state index contributed by atoms with van der Waals surface area (Å²) in [4.78, 5) is 10.8. The third-order valence-electron chi connectivity index (χ3n) is 3.13. The third kappa shape index (κ3) is 4.37. The highest BCUT2D eigenvalue weighted by atomic mass is 79.9. The standard InChI is InChI=1S/C18H14BrNO4/c1-23-16-9-13(7-14(10-20)18(21)22)8-15(19)17(16)24-11-12-5-3-2-4-6-12/h2-9H,11H2,1H3,(H,21,22)/p-1/b14-7+. The van der Waals surface area contributed by atoms with Crippen LogP contribution in [0, 0.1) is 11.3 Å². The summed E-state index contributed by atoms with van der Waals surface area (Å²) >= 11 is 3.38. The van der Waals surface area contributed by atoms with Crippen LogP contribution in [0.4, 0.5) is 0 Å². The molecule has 0 saturated heterocycles. The van der Waals surface area contributed by atoms with E-state index in [0.29, 0.717) is 28.1 Å². The van der Waals surface area contributed by atoms with E-state index in [1.807, 2.05) is 30.3 Å². The molecule has 2 aromatic rings. The normalized spacial score (nSPS) is 10.8. The molecule has 0 aromatic heterocycles. The Bertz CT molecular complexity index is 810. The Morgan fingerprint density at radius 3 is 2.62 bits per heavy atom. The van der Waals surface area contributed by atoms with Gasteiger partial charge in [0, 0.05) is 0 Å². The van der Waals surface area contributed by atoms with Crippen molar-refractivity contribution in [3.8, 4) is 17.6 Å². The van der Waals surface area contributed by atoms with E-state index in [4.69, 9.17) is 14.7 Å². The SMILES string of the molecule is COc1cc(/C=C(\C#N)C(=O)[O-])cc(Br)c1OCc1ccccc1. The van der Waals surface area contributed by atoms with Crippen LogP contribution in [-0.4, -0.2) is 13.1 Å². The van der Waals surface area contributed by atoms with Gasteiger partial charge in [-0.05, 0) is 45.3 Å². The summed E-state index contributed by atoms with van der Waals surface area (Å²) in [5.41, 5.74) is 1.01. The number of halogens is 1. The minimum Gasteiger partial charge on any atom is -0.544 e. The first-order chi connectivity index (χ1) is 11.5. The van der Waals surface area contributed by atoms with E-state index in [1.54, 1.807) is 18.2 Å². The van der Waals surface area contributed by atoms with Crippen molar-refractivity contribution in [1.29, 1.82) is 5.26 Å². The minimum atomic E-state index is -1.53. The lowest BCUT2D eigenvalue weighted by atomic mass is 10.1. The number of hydrogen-bond acceptors (Lipinski definition) is 5. The van der Waals surface area contributed by atoms with Crippen LogP contribution in [0.1, 0.15) is 11.1 Å². The third-order valence-corrected chi connectivity index (χ3v) is 3.72. The first-order valence-corrected chi connectivity index (χ1v) is 7.72. The van der Waals surface area contributed by atoms with Gasteiger partial charge in [-0.25, -0.2) is 0 Å². The van der Waals surface area contributed by atoms with Crippen molar-refractivity contribution in [2.24, 2.45) is 0 Å². The fourth-order valence-electron chi connectivity index (χ4n) is 2.00. The summed E-state index contributed by atoms with van der Waals surface area (Å²) in [5.74, 6) is -0.621. The van der Waals surface area contributed by atoms with Gasteiger partial charge < -0.3 is 19.4 Å². The number of aliphatic carboxylic acids is 1. The number of carbonyl (C=O) groups is 1. The fraction of sp³-hybridized carbons (Fsp3) is 0.111. The van der Waals surface area contributed by atoms with Gasteiger partial charge in [0.05, 0.1) is 23.1 Å². The smallest absolute Gasteiger partial charge is 0.175 e. The molecule has 0 fully saturated rings. The van der Waals surface area contributed by atoms with Gasteiger partial charge in [-0.1, -0.05) is 30.3 Å². The zero-order chi connectivity index (χ0) is 17.5. The summed E-state index contributed by atoms with van der Waals surface area (Å²) < 4.78 is 11.7. The first-order valence-electron chi connectivity index (χ1n) is 6.92. The highest BCUT2D eigenvalue weighted by Gasteiger charge is 2.12. The summed E-state index contributed by atoms with van der Waals surface area (Å²) in [7, 11) is 1.48. The van der Waals surface area contributed by atoms with Crippen molar-refractivity contribution in [1.82, 2.24) is 0 Å². The van der Waals surface area contributed by atoms with Gasteiger partial charge in [0.15, 0.2) is 11.5 Å². The molecule has 0 radical (unpaired) electrons. The molecule has 0 bridgehead atoms. The molecular weight excluding hydrogens is 374 g/mol. The molecular formula is C18H13BrNO4-. The lowest BCUT2D eigenvalue weighted by Crippen LogP contribution is -2.23. The van der Waals surface area contributed by atoms with Crippen LogP contribution < -0.4 is 14.6 Å². The molecule has 0 atom stereocenters. The summed E-state index contributed by atoms with van der Waals surface area (Å²) in [6.45, 7) is 0.355. The predicted octanol–water partition coefficient (Wildman–Crippen LogP) is 2.69. The van der Waals surface area contributed by atoms with Crippen molar-refractivity contribution in [3.05, 3.63) is 63.6 Å². The van der Waals surface area contributed by atoms with Crippen LogP contribution >= 0.6 is 15.9 Å². The number of nitriles is 1. The zero-order valence-electron chi connectivity index (χ0n) is 12.8. The van der Waals surface area contributed by atoms with Crippen LogP contribution in [0.5, 0.6) is 11.5 Å². The largest absolute Gasteiger partial charge is 0.544 e. The number of ether oxygens (including phenoxy) is 2. The quantitative estimate of drug-likeness (QED) is 0.562. The highest BCUT2D eigenvalue weighted by Crippen LogP contribution is 2.37. The molecule has 0 unspecified atom stereocenters. The average molecular weight is 387 g/mol. The molecule has 0 aliphatic carbocycles. The number of carbonyl (C=O) groups excluding carboxylic acids is 1. The van der Waals surface area contributed by atoms with E-state index in [0.717, 1.165) is 5.56 Å². The molecule has 0 saturated carbocycles. The lowest BCUT2D eigenvalue weighted by molar-refractivity contribution is -0.298. The molecule has 5 nitrogen and oxygen atoms in total. The Morgan fingerprint density at radius 1 is 1.33 bits per heavy atom. The Hall–Kier alpha value is -2.78. The molecule has 6 heteroatoms. The Morgan fingerprint density at radius 2 is 2.04 bits per heavy atom. The van der Waals surface area contributed by atoms with Crippen LogP contribution in [0.2, 0.25) is 0 Å². The van der Waals surface area contributed by atoms with Gasteiger partial charge in [-0.3, -0.25) is 0 Å². The van der Waals surface area contributed by atoms with E-state index < -0.39 is 11.5 Å². The van der Waals surface area contributed by atoms with Crippen molar-refractivity contribution < 1.29 is 19.4 Å². The molecule has 0 N–H and O–H groups in total. The molecule has 2 rings (SSSR count). The predicted molar refractivity (Wildman–Crippen MR) is 90.1 cm³/mol. The summed E-state index contributed by atoms with van der Waals surface area (Å²) in [5, 5.41) is 19.6. The van der Waals surface area contributed by atoms with E-state index in [-0.39, 0.29) is 0 Å². The average Bonchev–Trinajstić information content (AvgIpc) is 2.58. The van der Waals surface area contributed by atoms with Gasteiger partial charge in [0.1, 0.15) is 12.7 Å². The van der Waals surface area contributed by atoms with Gasteiger partial charge in [-0.15, -0.1) is 0 Å². The molecule has 24 heavy (non-hydrogen) atoms. The van der Waals surface area contributed by atoms with Crippen LogP contribution in [0.15, 0.2) is 52.5 Å². The van der Waals surface area contributed by atoms with Gasteiger partial charge in [-0.2, -0.15) is 5.26 Å². The molecule has 2 aromatic carbocycles. The van der Waals surface area contributed by atoms with E-state index in [2.05, 4.69) is 15.9 Å². The topological polar surface area (TPSA) is 82.4 Å². The second-order valence-corrected chi connectivity index (χ2v) is 5.62. The first kappa shape index (κ1) is 17.6. The van der Waals surface area contributed by atoms with Crippen molar-refractivity contribution in [2.75, 3.05) is 7.11 Å². The Balaban J connectivity index is 2.31. The molecule has 0 aliphatic heterocycles. The van der Waals surface area contributed by atoms with Gasteiger partial charge in [0.2, 0.25) is 0 Å². The van der Waals surface area contributed by atoms with Crippen molar-refractivity contribution in [2.45, 2.75) is 6.61 Å². The van der Waals surface area contributed by atoms with Crippen LogP contribution in [0.25, 0.3) is 6.08 Å². The number of rotatable bonds is 6. The van der Waals surface area contributed by atoms with Crippen LogP contribution in [0.3, 0.4) is 0 Å². The Kier molecular flexibility index (Phi) is 5.99. The van der Waals surface area contributed by atoms with Gasteiger partial charge >= 0.3 is 0 Å². The number of benzene rings is 2. The maximum absolute atomic E-state index is 10.8. The van der Waals surface area contributed by atoms with Crippen LogP contribution in [-0.2, 0) is 11.4 Å². The Labute approximate surface area is 147 Å². The van der Waals surface area contributed by atoms with E-state index in [9.17, 15) is 9.90 Å². The number of methoxy groups -OCH3 is 1. The van der Waals surface area contributed by atoms with Crippen molar-refractivity contribution >= 4 is 28.0 Å². The number of hydrogen-bond donors (Lipinski definition) is 0. The summed E-state index contributed by atoms with van der Waals surface area (Å²) in [6.07, 6.45) is 1.21. The molecule has 0 heterocycles.